The summed E-state index contributed by atoms with van der Waals surface area (Å²) in [5.74, 6) is 1.60. The first-order valence-corrected chi connectivity index (χ1v) is 19.8. The van der Waals surface area contributed by atoms with Crippen LogP contribution in [0.5, 0.6) is 23.0 Å². The highest BCUT2D eigenvalue weighted by Crippen LogP contribution is 2.35. The van der Waals surface area contributed by atoms with Gasteiger partial charge >= 0.3 is 11.9 Å². The molecule has 0 heterocycles. The van der Waals surface area contributed by atoms with Gasteiger partial charge in [-0.3, -0.25) is 0 Å². The Balaban J connectivity index is 1.08. The Morgan fingerprint density at radius 3 is 1.05 bits per heavy atom. The first kappa shape index (κ1) is 42.5. The van der Waals surface area contributed by atoms with Crippen LogP contribution in [0.25, 0.3) is 33.4 Å². The van der Waals surface area contributed by atoms with Crippen molar-refractivity contribution in [3.8, 4) is 56.4 Å². The van der Waals surface area contributed by atoms with Gasteiger partial charge in [-0.25, -0.2) is 9.59 Å². The van der Waals surface area contributed by atoms with Gasteiger partial charge in [-0.05, 0) is 132 Å². The van der Waals surface area contributed by atoms with Crippen molar-refractivity contribution in [2.45, 2.75) is 39.9 Å². The molecule has 8 heteroatoms. The van der Waals surface area contributed by atoms with Gasteiger partial charge in [-0.1, -0.05) is 98.1 Å². The maximum absolute atomic E-state index is 12.2. The van der Waals surface area contributed by atoms with Gasteiger partial charge in [0, 0.05) is 12.2 Å². The first-order chi connectivity index (χ1) is 29.1. The molecule has 0 spiro atoms. The summed E-state index contributed by atoms with van der Waals surface area (Å²) < 4.78 is 35.9. The maximum atomic E-state index is 12.2. The molecule has 0 bridgehead atoms. The third kappa shape index (κ3) is 11.5. The zero-order chi connectivity index (χ0) is 42.4. The van der Waals surface area contributed by atoms with E-state index in [9.17, 15) is 9.59 Å². The molecule has 6 aromatic rings. The van der Waals surface area contributed by atoms with E-state index in [1.807, 2.05) is 113 Å². The molecule has 0 N–H and O–H groups in total. The first-order valence-electron chi connectivity index (χ1n) is 19.8. The smallest absolute Gasteiger partial charge is 0.330 e. The van der Waals surface area contributed by atoms with Crippen LogP contribution in [0.2, 0.25) is 0 Å². The van der Waals surface area contributed by atoms with E-state index >= 15 is 0 Å². The molecule has 0 aromatic heterocycles. The number of carbonyl (C=O) groups excluding carboxylic acids is 2. The van der Waals surface area contributed by atoms with E-state index < -0.39 is 24.1 Å². The highest BCUT2D eigenvalue weighted by atomic mass is 16.6. The van der Waals surface area contributed by atoms with E-state index in [1.54, 1.807) is 0 Å². The monoisotopic (exact) mass is 802 g/mol. The second kappa shape index (κ2) is 20.6. The summed E-state index contributed by atoms with van der Waals surface area (Å²) in [6.45, 7) is 15.4. The molecule has 0 saturated carbocycles. The van der Waals surface area contributed by atoms with Crippen LogP contribution in [0.15, 0.2) is 159 Å². The molecule has 0 fully saturated rings. The number of aryl methyl sites for hydroxylation is 4. The Hall–Kier alpha value is -7.06. The molecule has 2 unspecified atom stereocenters. The van der Waals surface area contributed by atoms with Crippen molar-refractivity contribution in [1.29, 1.82) is 0 Å². The Bertz CT molecular complexity index is 2170. The van der Waals surface area contributed by atoms with Crippen LogP contribution >= 0.6 is 0 Å². The van der Waals surface area contributed by atoms with E-state index in [-0.39, 0.29) is 26.4 Å². The minimum atomic E-state index is -0.682. The second-order valence-corrected chi connectivity index (χ2v) is 14.4. The Morgan fingerprint density at radius 2 is 0.733 bits per heavy atom. The number of benzene rings is 6. The van der Waals surface area contributed by atoms with Gasteiger partial charge in [-0.2, -0.15) is 0 Å². The summed E-state index contributed by atoms with van der Waals surface area (Å²) in [7, 11) is 0. The summed E-state index contributed by atoms with van der Waals surface area (Å²) in [4.78, 5) is 24.5. The van der Waals surface area contributed by atoms with Crippen molar-refractivity contribution in [3.63, 3.8) is 0 Å². The molecule has 6 rings (SSSR count). The van der Waals surface area contributed by atoms with Crippen molar-refractivity contribution >= 4 is 11.9 Å². The van der Waals surface area contributed by atoms with Crippen LogP contribution in [-0.4, -0.2) is 50.6 Å². The van der Waals surface area contributed by atoms with Crippen molar-refractivity contribution < 1.29 is 38.0 Å². The maximum Gasteiger partial charge on any atom is 0.330 e. The lowest BCUT2D eigenvalue weighted by molar-refractivity contribution is -0.147. The van der Waals surface area contributed by atoms with E-state index in [0.29, 0.717) is 23.0 Å². The number of hydrogen-bond acceptors (Lipinski definition) is 8. The summed E-state index contributed by atoms with van der Waals surface area (Å²) in [5, 5.41) is 0. The lowest BCUT2D eigenvalue weighted by Crippen LogP contribution is -2.30. The van der Waals surface area contributed by atoms with E-state index in [4.69, 9.17) is 28.4 Å². The predicted octanol–water partition coefficient (Wildman–Crippen LogP) is 11.0. The van der Waals surface area contributed by atoms with E-state index in [0.717, 1.165) is 67.8 Å². The third-order valence-corrected chi connectivity index (χ3v) is 9.77. The van der Waals surface area contributed by atoms with Crippen LogP contribution in [-0.2, 0) is 19.1 Å². The SMILES string of the molecule is C=CC(=O)OC(COc1ccc(-c2ccccc2)cc1)COc1c(C)cc(-c2cc(C)c(OCC(COc3ccc(-c4ccccc4)cc3)OC(=O)C=C)c(C)c2)cc1C. The molecule has 0 saturated heterocycles. The van der Waals surface area contributed by atoms with Crippen LogP contribution in [0, 0.1) is 27.7 Å². The summed E-state index contributed by atoms with van der Waals surface area (Å²) in [6.07, 6.45) is 0.896. The third-order valence-electron chi connectivity index (χ3n) is 9.77. The average Bonchev–Trinajstić information content (AvgIpc) is 3.27. The molecule has 0 aliphatic heterocycles. The van der Waals surface area contributed by atoms with E-state index in [1.165, 1.54) is 0 Å². The second-order valence-electron chi connectivity index (χ2n) is 14.4. The van der Waals surface area contributed by atoms with E-state index in [2.05, 4.69) is 61.7 Å². The Morgan fingerprint density at radius 1 is 0.433 bits per heavy atom. The fourth-order valence-corrected chi connectivity index (χ4v) is 6.83. The fourth-order valence-electron chi connectivity index (χ4n) is 6.83. The fraction of sp³-hybridized carbons (Fsp3) is 0.192. The van der Waals surface area contributed by atoms with Crippen LogP contribution in [0.4, 0.5) is 0 Å². The highest BCUT2D eigenvalue weighted by Gasteiger charge is 2.20. The van der Waals surface area contributed by atoms with Crippen molar-refractivity contribution in [1.82, 2.24) is 0 Å². The number of carbonyl (C=O) groups is 2. The van der Waals surface area contributed by atoms with Crippen molar-refractivity contribution in [2.75, 3.05) is 26.4 Å². The molecule has 306 valence electrons. The Kier molecular flexibility index (Phi) is 14.6. The van der Waals surface area contributed by atoms with Gasteiger partial charge in [0.15, 0.2) is 12.2 Å². The molecular weight excluding hydrogens is 753 g/mol. The van der Waals surface area contributed by atoms with Crippen molar-refractivity contribution in [3.05, 3.63) is 181 Å². The Labute approximate surface area is 352 Å². The lowest BCUT2D eigenvalue weighted by atomic mass is 9.96. The summed E-state index contributed by atoms with van der Waals surface area (Å²) in [5.41, 5.74) is 10.1. The van der Waals surface area contributed by atoms with Gasteiger partial charge in [0.1, 0.15) is 49.4 Å². The number of rotatable bonds is 19. The minimum Gasteiger partial charge on any atom is -0.490 e. The van der Waals surface area contributed by atoms with Crippen LogP contribution < -0.4 is 18.9 Å². The molecular formula is C52H50O8. The van der Waals surface area contributed by atoms with Gasteiger partial charge in [-0.15, -0.1) is 0 Å². The largest absolute Gasteiger partial charge is 0.490 e. The summed E-state index contributed by atoms with van der Waals surface area (Å²) >= 11 is 0. The number of ether oxygens (including phenoxy) is 6. The van der Waals surface area contributed by atoms with Crippen LogP contribution in [0.1, 0.15) is 22.3 Å². The zero-order valence-corrected chi connectivity index (χ0v) is 34.5. The highest BCUT2D eigenvalue weighted by molar-refractivity contribution is 5.81. The average molecular weight is 803 g/mol. The van der Waals surface area contributed by atoms with Crippen molar-refractivity contribution in [2.24, 2.45) is 0 Å². The quantitative estimate of drug-likeness (QED) is 0.0591. The predicted molar refractivity (Wildman–Crippen MR) is 237 cm³/mol. The molecule has 2 atom stereocenters. The molecule has 0 aliphatic rings. The van der Waals surface area contributed by atoms with Crippen LogP contribution in [0.3, 0.4) is 0 Å². The van der Waals surface area contributed by atoms with Gasteiger partial charge < -0.3 is 28.4 Å². The van der Waals surface area contributed by atoms with Gasteiger partial charge in [0.05, 0.1) is 0 Å². The minimum absolute atomic E-state index is 0.0850. The summed E-state index contributed by atoms with van der Waals surface area (Å²) in [6, 6.07) is 44.0. The molecule has 60 heavy (non-hydrogen) atoms. The zero-order valence-electron chi connectivity index (χ0n) is 34.5. The normalized spacial score (nSPS) is 11.7. The van der Waals surface area contributed by atoms with Gasteiger partial charge in [0.2, 0.25) is 0 Å². The van der Waals surface area contributed by atoms with Gasteiger partial charge in [0.25, 0.3) is 0 Å². The standard InChI is InChI=1S/C52H50O8/c1-7-49(53)59-47(31-55-45-23-19-41(20-24-45)39-15-11-9-12-16-39)33-57-51-35(3)27-43(28-36(51)4)44-29-37(5)52(38(6)30-44)58-34-48(60-50(54)8-2)32-56-46-25-21-42(22-26-46)40-17-13-10-14-18-40/h7-30,47-48H,1-2,31-34H2,3-6H3. The number of hydrogen-bond donors (Lipinski definition) is 0. The lowest BCUT2D eigenvalue weighted by Gasteiger charge is -2.21. The molecule has 0 amide bonds. The molecule has 0 aliphatic carbocycles. The number of esters is 2. The topological polar surface area (TPSA) is 89.5 Å². The molecule has 6 aromatic carbocycles. The molecule has 0 radical (unpaired) electrons. The molecule has 8 nitrogen and oxygen atoms in total.